The Labute approximate surface area is 145 Å². The fraction of sp³-hybridized carbons (Fsp3) is 0.278. The van der Waals surface area contributed by atoms with Crippen molar-refractivity contribution in [2.75, 3.05) is 0 Å². The van der Waals surface area contributed by atoms with Crippen molar-refractivity contribution in [1.82, 2.24) is 5.32 Å². The van der Waals surface area contributed by atoms with Crippen LogP contribution in [0, 0.1) is 11.6 Å². The van der Waals surface area contributed by atoms with Crippen LogP contribution >= 0.6 is 0 Å². The third-order valence-electron chi connectivity index (χ3n) is 3.85. The van der Waals surface area contributed by atoms with Crippen molar-refractivity contribution in [3.05, 3.63) is 65.2 Å². The number of benzene rings is 2. The Kier molecular flexibility index (Phi) is 5.57. The number of carbonyl (C=O) groups excluding carboxylic acids is 1. The fourth-order valence-electron chi connectivity index (χ4n) is 2.30. The van der Waals surface area contributed by atoms with Gasteiger partial charge in [0.25, 0.3) is 5.91 Å². The molecule has 7 heteroatoms. The second-order valence-corrected chi connectivity index (χ2v) is 8.43. The van der Waals surface area contributed by atoms with Crippen molar-refractivity contribution in [2.24, 2.45) is 0 Å². The van der Waals surface area contributed by atoms with Gasteiger partial charge < -0.3 is 5.32 Å². The van der Waals surface area contributed by atoms with E-state index in [0.29, 0.717) is 5.56 Å². The lowest BCUT2D eigenvalue weighted by Gasteiger charge is -2.17. The topological polar surface area (TPSA) is 63.2 Å². The van der Waals surface area contributed by atoms with Crippen LogP contribution in [0.3, 0.4) is 0 Å². The van der Waals surface area contributed by atoms with E-state index in [1.807, 2.05) is 0 Å². The van der Waals surface area contributed by atoms with Gasteiger partial charge in [-0.2, -0.15) is 0 Å². The normalized spacial score (nSPS) is 12.9. The lowest BCUT2D eigenvalue weighted by molar-refractivity contribution is 0.0936. The fourth-order valence-corrected chi connectivity index (χ4v) is 3.54. The number of amides is 1. The first kappa shape index (κ1) is 19.1. The maximum absolute atomic E-state index is 13.3. The summed E-state index contributed by atoms with van der Waals surface area (Å²) in [5, 5.41) is 1.94. The first-order chi connectivity index (χ1) is 11.6. The van der Waals surface area contributed by atoms with Crippen molar-refractivity contribution in [3.63, 3.8) is 0 Å². The van der Waals surface area contributed by atoms with Crippen molar-refractivity contribution in [3.8, 4) is 0 Å². The summed E-state index contributed by atoms with van der Waals surface area (Å²) in [6, 6.07) is 8.62. The Morgan fingerprint density at radius 2 is 1.64 bits per heavy atom. The van der Waals surface area contributed by atoms with Crippen LogP contribution in [0.4, 0.5) is 8.78 Å². The third-order valence-corrected chi connectivity index (χ3v) is 6.06. The van der Waals surface area contributed by atoms with E-state index in [4.69, 9.17) is 0 Å². The molecule has 0 heterocycles. The van der Waals surface area contributed by atoms with Crippen molar-refractivity contribution in [2.45, 2.75) is 37.0 Å². The molecule has 0 saturated heterocycles. The van der Waals surface area contributed by atoms with Crippen LogP contribution in [0.2, 0.25) is 0 Å². The molecule has 4 nitrogen and oxygen atoms in total. The first-order valence-corrected chi connectivity index (χ1v) is 9.28. The summed E-state index contributed by atoms with van der Waals surface area (Å²) in [6.07, 6.45) is 0. The van der Waals surface area contributed by atoms with E-state index in [1.165, 1.54) is 32.0 Å². The molecule has 0 unspecified atom stereocenters. The number of rotatable bonds is 5. The summed E-state index contributed by atoms with van der Waals surface area (Å²) in [7, 11) is -3.64. The maximum atomic E-state index is 13.3. The summed E-state index contributed by atoms with van der Waals surface area (Å²) in [5.74, 6) is -2.59. The van der Waals surface area contributed by atoms with E-state index in [9.17, 15) is 22.0 Å². The van der Waals surface area contributed by atoms with Gasteiger partial charge in [0.1, 0.15) is 0 Å². The van der Waals surface area contributed by atoms with Crippen molar-refractivity contribution in [1.29, 1.82) is 0 Å². The minimum atomic E-state index is -3.64. The molecule has 0 fully saturated rings. The molecule has 0 saturated carbocycles. The minimum absolute atomic E-state index is 0.0191. The SMILES string of the molecule is CC(C)S(=O)(=O)c1ccccc1C(=O)N[C@H](C)c1ccc(F)c(F)c1. The number of sulfone groups is 1. The van der Waals surface area contributed by atoms with E-state index in [0.717, 1.165) is 12.1 Å². The average Bonchev–Trinajstić information content (AvgIpc) is 2.57. The lowest BCUT2D eigenvalue weighted by atomic mass is 10.1. The van der Waals surface area contributed by atoms with Gasteiger partial charge in [-0.05, 0) is 50.6 Å². The van der Waals surface area contributed by atoms with Crippen LogP contribution < -0.4 is 5.32 Å². The minimum Gasteiger partial charge on any atom is -0.345 e. The monoisotopic (exact) mass is 367 g/mol. The maximum Gasteiger partial charge on any atom is 0.253 e. The van der Waals surface area contributed by atoms with E-state index in [2.05, 4.69) is 5.32 Å². The standard InChI is InChI=1S/C18H19F2NO3S/c1-11(2)25(23,24)17-7-5-4-6-14(17)18(22)21-12(3)13-8-9-15(19)16(20)10-13/h4-12H,1-3H3,(H,21,22)/t12-/m1/s1. The Hall–Kier alpha value is -2.28. The van der Waals surface area contributed by atoms with Gasteiger partial charge in [0.2, 0.25) is 0 Å². The van der Waals surface area contributed by atoms with Gasteiger partial charge >= 0.3 is 0 Å². The Morgan fingerprint density at radius 1 is 1.00 bits per heavy atom. The van der Waals surface area contributed by atoms with Crippen molar-refractivity contribution >= 4 is 15.7 Å². The Bertz CT molecular complexity index is 895. The van der Waals surface area contributed by atoms with Crippen LogP contribution in [-0.4, -0.2) is 19.6 Å². The molecule has 0 aliphatic carbocycles. The highest BCUT2D eigenvalue weighted by molar-refractivity contribution is 7.92. The summed E-state index contributed by atoms with van der Waals surface area (Å²) >= 11 is 0. The van der Waals surface area contributed by atoms with Gasteiger partial charge in [-0.25, -0.2) is 17.2 Å². The smallest absolute Gasteiger partial charge is 0.253 e. The lowest BCUT2D eigenvalue weighted by Crippen LogP contribution is -2.29. The predicted molar refractivity (Wildman–Crippen MR) is 91.0 cm³/mol. The summed E-state index contributed by atoms with van der Waals surface area (Å²) in [6.45, 7) is 4.67. The zero-order valence-corrected chi connectivity index (χ0v) is 14.9. The molecule has 2 aromatic carbocycles. The number of halogens is 2. The number of nitrogens with one attached hydrogen (secondary N) is 1. The van der Waals surface area contributed by atoms with E-state index in [1.54, 1.807) is 19.1 Å². The third kappa shape index (κ3) is 4.04. The highest BCUT2D eigenvalue weighted by Gasteiger charge is 2.25. The first-order valence-electron chi connectivity index (χ1n) is 7.73. The number of hydrogen-bond donors (Lipinski definition) is 1. The highest BCUT2D eigenvalue weighted by Crippen LogP contribution is 2.22. The summed E-state index contributed by atoms with van der Waals surface area (Å²) < 4.78 is 51.2. The molecule has 1 amide bonds. The molecule has 0 radical (unpaired) electrons. The second-order valence-electron chi connectivity index (χ2n) is 5.96. The van der Waals surface area contributed by atoms with Crippen molar-refractivity contribution < 1.29 is 22.0 Å². The van der Waals surface area contributed by atoms with E-state index in [-0.39, 0.29) is 10.5 Å². The highest BCUT2D eigenvalue weighted by atomic mass is 32.2. The molecule has 0 aliphatic heterocycles. The molecule has 0 aliphatic rings. The van der Waals surface area contributed by atoms with Gasteiger partial charge in [0.15, 0.2) is 21.5 Å². The van der Waals surface area contributed by atoms with Gasteiger partial charge in [-0.3, -0.25) is 4.79 Å². The molecular formula is C18H19F2NO3S. The zero-order chi connectivity index (χ0) is 18.8. The van der Waals surface area contributed by atoms with E-state index >= 15 is 0 Å². The molecular weight excluding hydrogens is 348 g/mol. The molecule has 2 aromatic rings. The van der Waals surface area contributed by atoms with Crippen LogP contribution in [0.5, 0.6) is 0 Å². The van der Waals surface area contributed by atoms with E-state index < -0.39 is 38.7 Å². The average molecular weight is 367 g/mol. The van der Waals surface area contributed by atoms with Gasteiger partial charge in [-0.1, -0.05) is 18.2 Å². The molecule has 25 heavy (non-hydrogen) atoms. The quantitative estimate of drug-likeness (QED) is 0.878. The van der Waals surface area contributed by atoms with Crippen LogP contribution in [0.25, 0.3) is 0 Å². The molecule has 1 atom stereocenters. The van der Waals surface area contributed by atoms with Gasteiger partial charge in [0.05, 0.1) is 21.8 Å². The van der Waals surface area contributed by atoms with Crippen LogP contribution in [0.1, 0.15) is 42.7 Å². The molecule has 0 spiro atoms. The summed E-state index contributed by atoms with van der Waals surface area (Å²) in [4.78, 5) is 12.5. The van der Waals surface area contributed by atoms with Gasteiger partial charge in [-0.15, -0.1) is 0 Å². The number of hydrogen-bond acceptors (Lipinski definition) is 3. The van der Waals surface area contributed by atoms with Gasteiger partial charge in [0, 0.05) is 0 Å². The molecule has 0 aromatic heterocycles. The largest absolute Gasteiger partial charge is 0.345 e. The Morgan fingerprint density at radius 3 is 2.24 bits per heavy atom. The van der Waals surface area contributed by atoms with Crippen LogP contribution in [-0.2, 0) is 9.84 Å². The molecule has 2 rings (SSSR count). The molecule has 0 bridgehead atoms. The molecule has 1 N–H and O–H groups in total. The molecule has 134 valence electrons. The summed E-state index contributed by atoms with van der Waals surface area (Å²) in [5.41, 5.74) is 0.391. The zero-order valence-electron chi connectivity index (χ0n) is 14.1. The Balaban J connectivity index is 2.31. The predicted octanol–water partition coefficient (Wildman–Crippen LogP) is 3.64. The van der Waals surface area contributed by atoms with Crippen LogP contribution in [0.15, 0.2) is 47.4 Å². The number of carbonyl (C=O) groups is 1. The second kappa shape index (κ2) is 7.31.